The fraction of sp³-hybridized carbons (Fsp3) is 0.200. The molecule has 1 aliphatic rings. The van der Waals surface area contributed by atoms with Gasteiger partial charge in [-0.15, -0.1) is 0 Å². The van der Waals surface area contributed by atoms with Gasteiger partial charge in [-0.2, -0.15) is 0 Å². The highest BCUT2D eigenvalue weighted by Crippen LogP contribution is 2.27. The van der Waals surface area contributed by atoms with Gasteiger partial charge in [0.2, 0.25) is 11.8 Å². The second-order valence-corrected chi connectivity index (χ2v) is 6.53. The van der Waals surface area contributed by atoms with Gasteiger partial charge in [-0.05, 0) is 18.2 Å². The standard InChI is InChI=1S/C20H18FN5O2/c21-16-5-1-2-6-17(16)26-12-15(10-18(26)27)20(28)24-11-14-4-3-7-23-19(14)25-9-8-22-13-25/h1-9,13,15H,10-12H2,(H,24,28). The average molecular weight is 379 g/mol. The third kappa shape index (κ3) is 3.48. The van der Waals surface area contributed by atoms with E-state index in [0.717, 1.165) is 5.56 Å². The fourth-order valence-corrected chi connectivity index (χ4v) is 3.30. The number of pyridine rings is 1. The number of benzene rings is 1. The predicted molar refractivity (Wildman–Crippen MR) is 100 cm³/mol. The van der Waals surface area contributed by atoms with Crippen LogP contribution < -0.4 is 10.2 Å². The van der Waals surface area contributed by atoms with E-state index in [1.54, 1.807) is 53.8 Å². The summed E-state index contributed by atoms with van der Waals surface area (Å²) in [7, 11) is 0. The lowest BCUT2D eigenvalue weighted by Gasteiger charge is -2.17. The highest BCUT2D eigenvalue weighted by atomic mass is 19.1. The first kappa shape index (κ1) is 17.8. The number of halogens is 1. The maximum Gasteiger partial charge on any atom is 0.227 e. The van der Waals surface area contributed by atoms with Crippen LogP contribution in [0.15, 0.2) is 61.3 Å². The van der Waals surface area contributed by atoms with Crippen LogP contribution in [0.2, 0.25) is 0 Å². The zero-order valence-electron chi connectivity index (χ0n) is 15.0. The van der Waals surface area contributed by atoms with Gasteiger partial charge < -0.3 is 10.2 Å². The van der Waals surface area contributed by atoms with E-state index >= 15 is 0 Å². The number of amides is 2. The molecule has 1 aromatic carbocycles. The molecule has 0 bridgehead atoms. The molecule has 1 atom stereocenters. The average Bonchev–Trinajstić information content (AvgIpc) is 3.37. The molecule has 1 N–H and O–H groups in total. The summed E-state index contributed by atoms with van der Waals surface area (Å²) in [5, 5.41) is 2.87. The summed E-state index contributed by atoms with van der Waals surface area (Å²) in [6.45, 7) is 0.428. The van der Waals surface area contributed by atoms with Gasteiger partial charge in [0, 0.05) is 43.7 Å². The van der Waals surface area contributed by atoms with Crippen molar-refractivity contribution in [3.63, 3.8) is 0 Å². The van der Waals surface area contributed by atoms with Crippen molar-refractivity contribution in [1.29, 1.82) is 0 Å². The fourth-order valence-electron chi connectivity index (χ4n) is 3.30. The summed E-state index contributed by atoms with van der Waals surface area (Å²) in [6, 6.07) is 9.74. The number of hydrogen-bond acceptors (Lipinski definition) is 4. The molecule has 3 heterocycles. The summed E-state index contributed by atoms with van der Waals surface area (Å²) in [5.41, 5.74) is 1.03. The molecule has 1 fully saturated rings. The van der Waals surface area contributed by atoms with Gasteiger partial charge in [-0.25, -0.2) is 14.4 Å². The number of imidazole rings is 1. The van der Waals surface area contributed by atoms with Crippen molar-refractivity contribution in [3.05, 3.63) is 72.7 Å². The van der Waals surface area contributed by atoms with Crippen molar-refractivity contribution in [2.45, 2.75) is 13.0 Å². The number of para-hydroxylation sites is 1. The number of aromatic nitrogens is 3. The molecular weight excluding hydrogens is 361 g/mol. The largest absolute Gasteiger partial charge is 0.352 e. The van der Waals surface area contributed by atoms with Crippen LogP contribution in [0, 0.1) is 11.7 Å². The summed E-state index contributed by atoms with van der Waals surface area (Å²) < 4.78 is 15.7. The Labute approximate surface area is 160 Å². The van der Waals surface area contributed by atoms with Crippen LogP contribution in [0.5, 0.6) is 0 Å². The lowest BCUT2D eigenvalue weighted by Crippen LogP contribution is -2.33. The molecule has 1 unspecified atom stereocenters. The molecule has 0 aliphatic carbocycles. The molecule has 1 saturated heterocycles. The van der Waals surface area contributed by atoms with E-state index in [-0.39, 0.29) is 37.0 Å². The molecule has 3 aromatic rings. The lowest BCUT2D eigenvalue weighted by atomic mass is 10.1. The molecule has 4 rings (SSSR count). The topological polar surface area (TPSA) is 80.1 Å². The van der Waals surface area contributed by atoms with E-state index in [2.05, 4.69) is 15.3 Å². The smallest absolute Gasteiger partial charge is 0.227 e. The van der Waals surface area contributed by atoms with Gasteiger partial charge in [-0.3, -0.25) is 14.2 Å². The molecule has 142 valence electrons. The van der Waals surface area contributed by atoms with Crippen molar-refractivity contribution < 1.29 is 14.0 Å². The van der Waals surface area contributed by atoms with E-state index < -0.39 is 11.7 Å². The van der Waals surface area contributed by atoms with Crippen molar-refractivity contribution in [1.82, 2.24) is 19.9 Å². The molecule has 28 heavy (non-hydrogen) atoms. The van der Waals surface area contributed by atoms with E-state index in [1.807, 2.05) is 6.07 Å². The lowest BCUT2D eigenvalue weighted by molar-refractivity contribution is -0.126. The van der Waals surface area contributed by atoms with Crippen molar-refractivity contribution >= 4 is 17.5 Å². The van der Waals surface area contributed by atoms with Gasteiger partial charge in [0.05, 0.1) is 11.6 Å². The molecule has 2 amide bonds. The minimum Gasteiger partial charge on any atom is -0.352 e. The zero-order valence-corrected chi connectivity index (χ0v) is 15.0. The first-order valence-electron chi connectivity index (χ1n) is 8.88. The monoisotopic (exact) mass is 379 g/mol. The van der Waals surface area contributed by atoms with Crippen LogP contribution in [-0.4, -0.2) is 32.9 Å². The van der Waals surface area contributed by atoms with Crippen LogP contribution in [0.25, 0.3) is 5.82 Å². The van der Waals surface area contributed by atoms with Crippen LogP contribution in [0.3, 0.4) is 0 Å². The normalized spacial score (nSPS) is 16.4. The highest BCUT2D eigenvalue weighted by molar-refractivity contribution is 6.00. The van der Waals surface area contributed by atoms with Gasteiger partial charge >= 0.3 is 0 Å². The molecule has 7 nitrogen and oxygen atoms in total. The number of nitrogens with zero attached hydrogens (tertiary/aromatic N) is 4. The molecule has 0 saturated carbocycles. The molecule has 1 aliphatic heterocycles. The second kappa shape index (κ2) is 7.59. The SMILES string of the molecule is O=C(NCc1cccnc1-n1ccnc1)C1CC(=O)N(c2ccccc2F)C1. The number of rotatable bonds is 5. The highest BCUT2D eigenvalue weighted by Gasteiger charge is 2.36. The summed E-state index contributed by atoms with van der Waals surface area (Å²) in [4.78, 5) is 34.6. The van der Waals surface area contributed by atoms with Gasteiger partial charge in [0.25, 0.3) is 0 Å². The number of carbonyl (C=O) groups excluding carboxylic acids is 2. The Morgan fingerprint density at radius 2 is 2.07 bits per heavy atom. The van der Waals surface area contributed by atoms with Gasteiger partial charge in [0.1, 0.15) is 18.0 Å². The molecule has 2 aromatic heterocycles. The van der Waals surface area contributed by atoms with E-state index in [1.165, 1.54) is 11.0 Å². The van der Waals surface area contributed by atoms with Gasteiger partial charge in [-0.1, -0.05) is 18.2 Å². The Bertz CT molecular complexity index is 1010. The molecular formula is C20H18FN5O2. The minimum atomic E-state index is -0.527. The molecule has 8 heteroatoms. The van der Waals surface area contributed by atoms with Crippen molar-refractivity contribution in [2.75, 3.05) is 11.4 Å². The van der Waals surface area contributed by atoms with E-state index in [4.69, 9.17) is 0 Å². The molecule has 0 radical (unpaired) electrons. The molecule has 0 spiro atoms. The first-order valence-corrected chi connectivity index (χ1v) is 8.88. The van der Waals surface area contributed by atoms with Crippen LogP contribution in [0.4, 0.5) is 10.1 Å². The van der Waals surface area contributed by atoms with Gasteiger partial charge in [0.15, 0.2) is 0 Å². The quantitative estimate of drug-likeness (QED) is 0.736. The van der Waals surface area contributed by atoms with Crippen LogP contribution >= 0.6 is 0 Å². The van der Waals surface area contributed by atoms with E-state index in [9.17, 15) is 14.0 Å². The van der Waals surface area contributed by atoms with Crippen LogP contribution in [0.1, 0.15) is 12.0 Å². The van der Waals surface area contributed by atoms with Crippen molar-refractivity contribution in [2.24, 2.45) is 5.92 Å². The third-order valence-electron chi connectivity index (χ3n) is 4.71. The Kier molecular flexibility index (Phi) is 4.84. The number of carbonyl (C=O) groups is 2. The minimum absolute atomic E-state index is 0.0571. The second-order valence-electron chi connectivity index (χ2n) is 6.53. The Hall–Kier alpha value is -3.55. The number of nitrogens with one attached hydrogen (secondary N) is 1. The van der Waals surface area contributed by atoms with E-state index in [0.29, 0.717) is 5.82 Å². The van der Waals surface area contributed by atoms with Crippen LogP contribution in [-0.2, 0) is 16.1 Å². The maximum atomic E-state index is 14.0. The zero-order chi connectivity index (χ0) is 19.5. The first-order chi connectivity index (χ1) is 13.6. The Morgan fingerprint density at radius 3 is 2.86 bits per heavy atom. The third-order valence-corrected chi connectivity index (χ3v) is 4.71. The summed E-state index contributed by atoms with van der Waals surface area (Å²) >= 11 is 0. The summed E-state index contributed by atoms with van der Waals surface area (Å²) in [6.07, 6.45) is 6.79. The summed E-state index contributed by atoms with van der Waals surface area (Å²) in [5.74, 6) is -0.827. The number of hydrogen-bond donors (Lipinski definition) is 1. The maximum absolute atomic E-state index is 14.0. The van der Waals surface area contributed by atoms with Crippen molar-refractivity contribution in [3.8, 4) is 5.82 Å². The number of anilines is 1. The Balaban J connectivity index is 1.43. The predicted octanol–water partition coefficient (Wildman–Crippen LogP) is 2.08. The Morgan fingerprint density at radius 1 is 1.21 bits per heavy atom.